The highest BCUT2D eigenvalue weighted by Gasteiger charge is 1.93. The van der Waals surface area contributed by atoms with E-state index in [2.05, 4.69) is 6.58 Å². The van der Waals surface area contributed by atoms with E-state index < -0.39 is 0 Å². The third kappa shape index (κ3) is 2.46. The second-order valence-corrected chi connectivity index (χ2v) is 1.95. The molecule has 0 aliphatic rings. The van der Waals surface area contributed by atoms with Gasteiger partial charge >= 0.3 is 7.48 Å². The van der Waals surface area contributed by atoms with Gasteiger partial charge in [0.2, 0.25) is 0 Å². The Balaban J connectivity index is 2.63. The molecular formula is C8H7BFO. The summed E-state index contributed by atoms with van der Waals surface area (Å²) in [7, 11) is 1.40. The molecule has 55 valence electrons. The van der Waals surface area contributed by atoms with Crippen LogP contribution >= 0.6 is 0 Å². The predicted octanol–water partition coefficient (Wildman–Crippen LogP) is 1.97. The van der Waals surface area contributed by atoms with Crippen molar-refractivity contribution in [1.82, 2.24) is 0 Å². The van der Waals surface area contributed by atoms with Gasteiger partial charge in [0.15, 0.2) is 0 Å². The maximum absolute atomic E-state index is 12.5. The molecule has 1 aromatic rings. The average Bonchev–Trinajstić information content (AvgIpc) is 2.01. The Bertz CT molecular complexity index is 250. The van der Waals surface area contributed by atoms with Gasteiger partial charge < -0.3 is 4.65 Å². The molecule has 0 aromatic heterocycles. The standard InChI is InChI=1S/C8H7BFO/c1-2-9-11-8-5-3-4-7(10)6-8/h2-6H,1H2. The van der Waals surface area contributed by atoms with Crippen molar-refractivity contribution in [2.45, 2.75) is 0 Å². The van der Waals surface area contributed by atoms with Crippen LogP contribution in [0.4, 0.5) is 4.39 Å². The van der Waals surface area contributed by atoms with Gasteiger partial charge in [-0.15, -0.1) is 6.58 Å². The molecule has 1 rings (SSSR count). The van der Waals surface area contributed by atoms with Crippen molar-refractivity contribution in [3.8, 4) is 5.75 Å². The van der Waals surface area contributed by atoms with Crippen LogP contribution in [0.3, 0.4) is 0 Å². The molecule has 0 atom stereocenters. The van der Waals surface area contributed by atoms with E-state index >= 15 is 0 Å². The van der Waals surface area contributed by atoms with Crippen molar-refractivity contribution in [3.05, 3.63) is 42.6 Å². The van der Waals surface area contributed by atoms with E-state index in [1.165, 1.54) is 25.6 Å². The van der Waals surface area contributed by atoms with Gasteiger partial charge in [-0.1, -0.05) is 12.0 Å². The maximum atomic E-state index is 12.5. The molecule has 0 unspecified atom stereocenters. The van der Waals surface area contributed by atoms with E-state index in [0.717, 1.165) is 0 Å². The zero-order chi connectivity index (χ0) is 8.10. The molecule has 0 heterocycles. The summed E-state index contributed by atoms with van der Waals surface area (Å²) in [5.41, 5.74) is 0. The number of hydrogen-bond acceptors (Lipinski definition) is 1. The minimum absolute atomic E-state index is 0.306. The summed E-state index contributed by atoms with van der Waals surface area (Å²) in [5, 5.41) is 0. The lowest BCUT2D eigenvalue weighted by Crippen LogP contribution is -1.97. The first-order valence-corrected chi connectivity index (χ1v) is 3.19. The molecule has 1 nitrogen and oxygen atoms in total. The zero-order valence-corrected chi connectivity index (χ0v) is 5.96. The topological polar surface area (TPSA) is 9.23 Å². The van der Waals surface area contributed by atoms with Crippen molar-refractivity contribution >= 4 is 7.48 Å². The Morgan fingerprint density at radius 2 is 2.36 bits per heavy atom. The largest absolute Gasteiger partial charge is 0.558 e. The van der Waals surface area contributed by atoms with Crippen LogP contribution < -0.4 is 4.65 Å². The molecule has 0 amide bonds. The number of rotatable bonds is 3. The minimum atomic E-state index is -0.306. The zero-order valence-electron chi connectivity index (χ0n) is 5.96. The Hall–Kier alpha value is -1.25. The van der Waals surface area contributed by atoms with Crippen molar-refractivity contribution < 1.29 is 9.04 Å². The fraction of sp³-hybridized carbons (Fsp3) is 0. The summed E-state index contributed by atoms with van der Waals surface area (Å²) in [4.78, 5) is 0. The molecule has 0 aliphatic heterocycles. The molecule has 0 spiro atoms. The number of halogens is 1. The van der Waals surface area contributed by atoms with Crippen molar-refractivity contribution in [2.75, 3.05) is 0 Å². The third-order valence-corrected chi connectivity index (χ3v) is 1.10. The molecule has 0 N–H and O–H groups in total. The summed E-state index contributed by atoms with van der Waals surface area (Å²) in [6, 6.07) is 5.92. The summed E-state index contributed by atoms with van der Waals surface area (Å²) >= 11 is 0. The van der Waals surface area contributed by atoms with E-state index in [1.807, 2.05) is 0 Å². The summed E-state index contributed by atoms with van der Waals surface area (Å²) < 4.78 is 17.4. The SMILES string of the molecule is C=C[B]Oc1cccc(F)c1. The molecule has 0 bridgehead atoms. The van der Waals surface area contributed by atoms with Crippen molar-refractivity contribution in [1.29, 1.82) is 0 Å². The van der Waals surface area contributed by atoms with Gasteiger partial charge in [0.1, 0.15) is 11.6 Å². The lowest BCUT2D eigenvalue weighted by atomic mass is 10.0. The highest BCUT2D eigenvalue weighted by atomic mass is 19.1. The fourth-order valence-corrected chi connectivity index (χ4v) is 0.667. The number of benzene rings is 1. The van der Waals surface area contributed by atoms with Crippen LogP contribution in [0.25, 0.3) is 0 Å². The molecule has 3 heteroatoms. The third-order valence-electron chi connectivity index (χ3n) is 1.10. The van der Waals surface area contributed by atoms with Crippen LogP contribution in [0, 0.1) is 5.82 Å². The van der Waals surface area contributed by atoms with Crippen LogP contribution in [-0.4, -0.2) is 7.48 Å². The monoisotopic (exact) mass is 149 g/mol. The van der Waals surface area contributed by atoms with Crippen LogP contribution in [0.2, 0.25) is 0 Å². The first-order chi connectivity index (χ1) is 5.33. The Kier molecular flexibility index (Phi) is 2.72. The van der Waals surface area contributed by atoms with Gasteiger partial charge in [-0.25, -0.2) is 4.39 Å². The Morgan fingerprint density at radius 3 is 3.00 bits per heavy atom. The second-order valence-electron chi connectivity index (χ2n) is 1.95. The predicted molar refractivity (Wildman–Crippen MR) is 43.0 cm³/mol. The molecule has 0 aliphatic carbocycles. The highest BCUT2D eigenvalue weighted by Crippen LogP contribution is 2.10. The summed E-state index contributed by atoms with van der Waals surface area (Å²) in [6.45, 7) is 3.42. The van der Waals surface area contributed by atoms with Crippen LogP contribution in [0.15, 0.2) is 36.8 Å². The number of hydrogen-bond donors (Lipinski definition) is 0. The molecule has 0 saturated heterocycles. The highest BCUT2D eigenvalue weighted by molar-refractivity contribution is 6.35. The van der Waals surface area contributed by atoms with Crippen molar-refractivity contribution in [2.24, 2.45) is 0 Å². The van der Waals surface area contributed by atoms with Crippen LogP contribution in [0.5, 0.6) is 5.75 Å². The van der Waals surface area contributed by atoms with E-state index in [4.69, 9.17) is 4.65 Å². The van der Waals surface area contributed by atoms with E-state index in [-0.39, 0.29) is 5.82 Å². The molecule has 0 saturated carbocycles. The van der Waals surface area contributed by atoms with Crippen LogP contribution in [0.1, 0.15) is 0 Å². The average molecular weight is 149 g/mol. The van der Waals surface area contributed by atoms with Gasteiger partial charge in [-0.2, -0.15) is 0 Å². The Labute approximate surface area is 65.8 Å². The smallest absolute Gasteiger partial charge is 0.400 e. The van der Waals surface area contributed by atoms with Gasteiger partial charge in [0, 0.05) is 6.07 Å². The maximum Gasteiger partial charge on any atom is 0.400 e. The lowest BCUT2D eigenvalue weighted by molar-refractivity contribution is 0.579. The van der Waals surface area contributed by atoms with Gasteiger partial charge in [-0.3, -0.25) is 0 Å². The summed E-state index contributed by atoms with van der Waals surface area (Å²) in [5.74, 6) is 1.66. The van der Waals surface area contributed by atoms with Gasteiger partial charge in [0.05, 0.1) is 0 Å². The summed E-state index contributed by atoms with van der Waals surface area (Å²) in [6.07, 6.45) is 0. The first kappa shape index (κ1) is 7.86. The molecule has 0 fully saturated rings. The van der Waals surface area contributed by atoms with E-state index in [9.17, 15) is 4.39 Å². The minimum Gasteiger partial charge on any atom is -0.558 e. The molecular weight excluding hydrogens is 142 g/mol. The second kappa shape index (κ2) is 3.81. The molecule has 11 heavy (non-hydrogen) atoms. The van der Waals surface area contributed by atoms with Crippen molar-refractivity contribution in [3.63, 3.8) is 0 Å². The fourth-order valence-electron chi connectivity index (χ4n) is 0.667. The Morgan fingerprint density at radius 1 is 1.55 bits per heavy atom. The van der Waals surface area contributed by atoms with Gasteiger partial charge in [-0.05, 0) is 12.1 Å². The quantitative estimate of drug-likeness (QED) is 0.596. The first-order valence-electron chi connectivity index (χ1n) is 3.19. The normalized spacial score (nSPS) is 8.82. The molecule has 1 radical (unpaired) electrons. The van der Waals surface area contributed by atoms with Crippen LogP contribution in [-0.2, 0) is 0 Å². The lowest BCUT2D eigenvalue weighted by Gasteiger charge is -2.00. The van der Waals surface area contributed by atoms with E-state index in [0.29, 0.717) is 5.75 Å². The van der Waals surface area contributed by atoms with E-state index in [1.54, 1.807) is 12.1 Å². The molecule has 1 aromatic carbocycles. The van der Waals surface area contributed by atoms with Gasteiger partial charge in [0.25, 0.3) is 0 Å².